The number of aryl methyl sites for hydroxylation is 1. The Balaban J connectivity index is 2.18. The topological polar surface area (TPSA) is 25.2 Å². The molecular formula is C26H26N2. The Morgan fingerprint density at radius 3 is 2.57 bits per heavy atom. The third-order valence-corrected chi connectivity index (χ3v) is 4.82. The molecule has 2 nitrogen and oxygen atoms in total. The minimum atomic E-state index is 0.942. The lowest BCUT2D eigenvalue weighted by atomic mass is 9.90. The molecule has 2 aromatic rings. The van der Waals surface area contributed by atoms with Gasteiger partial charge in [-0.3, -0.25) is 9.98 Å². The summed E-state index contributed by atoms with van der Waals surface area (Å²) in [5, 5.41) is 2.29. The van der Waals surface area contributed by atoms with Crippen molar-refractivity contribution in [3.8, 4) is 11.1 Å². The molecule has 0 saturated heterocycles. The average Bonchev–Trinajstić information content (AvgIpc) is 2.73. The van der Waals surface area contributed by atoms with Crippen molar-refractivity contribution in [1.82, 2.24) is 4.98 Å². The van der Waals surface area contributed by atoms with Gasteiger partial charge in [0.05, 0.1) is 5.35 Å². The monoisotopic (exact) mass is 366 g/mol. The summed E-state index contributed by atoms with van der Waals surface area (Å²) in [6.07, 6.45) is 16.0. The molecule has 0 atom stereocenters. The zero-order valence-electron chi connectivity index (χ0n) is 16.7. The smallest absolute Gasteiger partial charge is 0.0668 e. The fraction of sp³-hybridized carbons (Fsp3) is 0.154. The normalized spacial score (nSPS) is 13.9. The van der Waals surface area contributed by atoms with Crippen LogP contribution in [0.4, 0.5) is 0 Å². The summed E-state index contributed by atoms with van der Waals surface area (Å²) in [5.41, 5.74) is 6.46. The van der Waals surface area contributed by atoms with E-state index < -0.39 is 0 Å². The molecule has 0 radical (unpaired) electrons. The maximum absolute atomic E-state index is 4.88. The molecule has 1 heterocycles. The molecular weight excluding hydrogens is 340 g/mol. The number of aromatic nitrogens is 1. The van der Waals surface area contributed by atoms with Gasteiger partial charge in [-0.1, -0.05) is 73.9 Å². The van der Waals surface area contributed by atoms with Crippen molar-refractivity contribution in [2.24, 2.45) is 4.99 Å². The van der Waals surface area contributed by atoms with Crippen LogP contribution in [0.3, 0.4) is 0 Å². The number of nitrogens with zero attached hydrogens (tertiary/aromatic N) is 2. The highest BCUT2D eigenvalue weighted by molar-refractivity contribution is 5.89. The van der Waals surface area contributed by atoms with Crippen molar-refractivity contribution in [3.63, 3.8) is 0 Å². The Labute approximate surface area is 167 Å². The van der Waals surface area contributed by atoms with Gasteiger partial charge in [0.2, 0.25) is 0 Å². The molecule has 3 rings (SSSR count). The largest absolute Gasteiger partial charge is 0.265 e. The van der Waals surface area contributed by atoms with E-state index >= 15 is 0 Å². The predicted octanol–water partition coefficient (Wildman–Crippen LogP) is 5.14. The molecule has 1 aliphatic rings. The molecule has 0 aliphatic heterocycles. The van der Waals surface area contributed by atoms with Gasteiger partial charge in [0.15, 0.2) is 0 Å². The van der Waals surface area contributed by atoms with E-state index in [0.717, 1.165) is 40.6 Å². The van der Waals surface area contributed by atoms with Crippen molar-refractivity contribution in [3.05, 3.63) is 95.3 Å². The predicted molar refractivity (Wildman–Crippen MR) is 122 cm³/mol. The Bertz CT molecular complexity index is 1100. The van der Waals surface area contributed by atoms with E-state index in [4.69, 9.17) is 4.98 Å². The van der Waals surface area contributed by atoms with E-state index in [9.17, 15) is 0 Å². The fourth-order valence-corrected chi connectivity index (χ4v) is 3.48. The molecule has 0 N–H and O–H groups in total. The number of benzene rings is 1. The maximum Gasteiger partial charge on any atom is 0.0668 e. The minimum Gasteiger partial charge on any atom is -0.265 e. The summed E-state index contributed by atoms with van der Waals surface area (Å²) in [4.78, 5) is 8.98. The van der Waals surface area contributed by atoms with Crippen LogP contribution in [0.25, 0.3) is 28.9 Å². The standard InChI is InChI=1S/C26H26N2/c1-5-21(18-27-6-2)17-16-19(3)25-20(4)28-24-15-11-10-14-23(24)26(25)22-12-8-7-9-13-22/h5-9,12-18H,2-3,10-11H2,1,4H3/b17-16+,21-5-,27-18?. The number of hydrogen-bond donors (Lipinski definition) is 0. The molecule has 1 aromatic carbocycles. The Kier molecular flexibility index (Phi) is 6.33. The maximum atomic E-state index is 4.88. The molecule has 0 fully saturated rings. The summed E-state index contributed by atoms with van der Waals surface area (Å²) in [6, 6.07) is 10.5. The number of allylic oxidation sites excluding steroid dienone is 5. The van der Waals surface area contributed by atoms with Gasteiger partial charge in [0, 0.05) is 34.5 Å². The van der Waals surface area contributed by atoms with Crippen molar-refractivity contribution in [2.75, 3.05) is 0 Å². The number of fused-ring (bicyclic) bond motifs is 1. The Morgan fingerprint density at radius 2 is 1.86 bits per heavy atom. The van der Waals surface area contributed by atoms with Crippen molar-refractivity contribution < 1.29 is 0 Å². The van der Waals surface area contributed by atoms with Gasteiger partial charge in [-0.05, 0) is 43.4 Å². The van der Waals surface area contributed by atoms with Crippen molar-refractivity contribution in [1.29, 1.82) is 0 Å². The second-order valence-corrected chi connectivity index (χ2v) is 6.71. The van der Waals surface area contributed by atoms with Gasteiger partial charge in [-0.2, -0.15) is 0 Å². The Hall–Kier alpha value is -3.26. The van der Waals surface area contributed by atoms with E-state index in [1.54, 1.807) is 6.21 Å². The van der Waals surface area contributed by atoms with Gasteiger partial charge in [-0.25, -0.2) is 0 Å². The van der Waals surface area contributed by atoms with Crippen LogP contribution in [0.2, 0.25) is 0 Å². The number of pyridine rings is 1. The van der Waals surface area contributed by atoms with Crippen LogP contribution in [0, 0.1) is 6.92 Å². The van der Waals surface area contributed by atoms with Gasteiger partial charge in [0.25, 0.3) is 0 Å². The summed E-state index contributed by atoms with van der Waals surface area (Å²) in [7, 11) is 0. The lowest BCUT2D eigenvalue weighted by Crippen LogP contribution is -2.34. The van der Waals surface area contributed by atoms with E-state index in [2.05, 4.69) is 61.5 Å². The fourth-order valence-electron chi connectivity index (χ4n) is 3.48. The molecule has 1 aliphatic carbocycles. The molecule has 2 heteroatoms. The molecule has 140 valence electrons. The molecule has 0 spiro atoms. The highest BCUT2D eigenvalue weighted by atomic mass is 14.7. The number of aliphatic imine (C=N–C) groups is 1. The first-order valence-electron chi connectivity index (χ1n) is 9.60. The summed E-state index contributed by atoms with van der Waals surface area (Å²) < 4.78 is 0. The third-order valence-electron chi connectivity index (χ3n) is 4.82. The van der Waals surface area contributed by atoms with Crippen molar-refractivity contribution in [2.45, 2.75) is 26.7 Å². The first kappa shape index (κ1) is 19.5. The lowest BCUT2D eigenvalue weighted by molar-refractivity contribution is 1.05. The highest BCUT2D eigenvalue weighted by Gasteiger charge is 2.15. The molecule has 0 bridgehead atoms. The zero-order chi connectivity index (χ0) is 19.9. The quantitative estimate of drug-likeness (QED) is 0.513. The van der Waals surface area contributed by atoms with Gasteiger partial charge < -0.3 is 0 Å². The minimum absolute atomic E-state index is 0.942. The highest BCUT2D eigenvalue weighted by Crippen LogP contribution is 2.28. The van der Waals surface area contributed by atoms with Crippen LogP contribution in [0.1, 0.15) is 31.0 Å². The molecule has 1 aromatic heterocycles. The van der Waals surface area contributed by atoms with Crippen molar-refractivity contribution >= 4 is 23.9 Å². The van der Waals surface area contributed by atoms with E-state index in [1.165, 1.54) is 22.5 Å². The second-order valence-electron chi connectivity index (χ2n) is 6.71. The van der Waals surface area contributed by atoms with E-state index in [1.807, 2.05) is 31.2 Å². The molecule has 0 saturated carbocycles. The summed E-state index contributed by atoms with van der Waals surface area (Å²) >= 11 is 0. The summed E-state index contributed by atoms with van der Waals surface area (Å²) in [6.45, 7) is 12.0. The third kappa shape index (κ3) is 4.17. The van der Waals surface area contributed by atoms with E-state index in [-0.39, 0.29) is 0 Å². The molecule has 0 unspecified atom stereocenters. The van der Waals surface area contributed by atoms with E-state index in [0.29, 0.717) is 0 Å². The lowest BCUT2D eigenvalue weighted by Gasteiger charge is -2.16. The first-order chi connectivity index (χ1) is 13.7. The van der Waals surface area contributed by atoms with Crippen LogP contribution in [0.5, 0.6) is 0 Å². The van der Waals surface area contributed by atoms with Crippen LogP contribution < -0.4 is 10.6 Å². The first-order valence-corrected chi connectivity index (χ1v) is 9.60. The number of hydrogen-bond acceptors (Lipinski definition) is 2. The van der Waals surface area contributed by atoms with Crippen LogP contribution in [0.15, 0.2) is 78.5 Å². The SMILES string of the molecule is C=CN=CC(=C\C)/C=C/C(=C)c1c(C)nc2c(c1-c1ccccc1)=CCCC=2. The second kappa shape index (κ2) is 9.09. The van der Waals surface area contributed by atoms with Crippen LogP contribution >= 0.6 is 0 Å². The van der Waals surface area contributed by atoms with Gasteiger partial charge in [-0.15, -0.1) is 0 Å². The average molecular weight is 367 g/mol. The van der Waals surface area contributed by atoms with Gasteiger partial charge >= 0.3 is 0 Å². The zero-order valence-corrected chi connectivity index (χ0v) is 16.7. The molecule has 28 heavy (non-hydrogen) atoms. The Morgan fingerprint density at radius 1 is 1.11 bits per heavy atom. The summed E-state index contributed by atoms with van der Waals surface area (Å²) in [5.74, 6) is 0. The number of rotatable bonds is 6. The van der Waals surface area contributed by atoms with Crippen LogP contribution in [-0.2, 0) is 0 Å². The molecule has 0 amide bonds. The van der Waals surface area contributed by atoms with Gasteiger partial charge in [0.1, 0.15) is 0 Å². The van der Waals surface area contributed by atoms with Crippen LogP contribution in [-0.4, -0.2) is 11.2 Å².